The molecule has 0 spiro atoms. The van der Waals surface area contributed by atoms with Crippen molar-refractivity contribution in [2.75, 3.05) is 0 Å². The lowest BCUT2D eigenvalue weighted by molar-refractivity contribution is 0.174. The maximum absolute atomic E-state index is 4.23. The van der Waals surface area contributed by atoms with Crippen LogP contribution in [-0.2, 0) is 0 Å². The van der Waals surface area contributed by atoms with Crippen molar-refractivity contribution in [1.29, 1.82) is 0 Å². The number of hydrogen-bond donors (Lipinski definition) is 0. The first kappa shape index (κ1) is 15.6. The zero-order valence-electron chi connectivity index (χ0n) is 16.2. The Morgan fingerprint density at radius 1 is 0.714 bits per heavy atom. The monoisotopic (exact) mass is 362 g/mol. The number of rotatable bonds is 2. The average Bonchev–Trinajstić information content (AvgIpc) is 3.46. The van der Waals surface area contributed by atoms with Crippen molar-refractivity contribution in [2.45, 2.75) is 24.7 Å². The second-order valence-corrected chi connectivity index (χ2v) is 9.76. The number of benzene rings is 3. The Bertz CT molecular complexity index is 1170. The Balaban J connectivity index is 1.49. The van der Waals surface area contributed by atoms with Gasteiger partial charge in [-0.15, -0.1) is 13.2 Å². The van der Waals surface area contributed by atoms with E-state index in [2.05, 4.69) is 73.8 Å². The number of allylic oxidation sites excluding steroid dienone is 2. The van der Waals surface area contributed by atoms with Gasteiger partial charge in [-0.1, -0.05) is 60.7 Å². The molecule has 4 aliphatic rings. The van der Waals surface area contributed by atoms with Crippen LogP contribution in [0.2, 0.25) is 0 Å². The highest BCUT2D eigenvalue weighted by atomic mass is 14.7. The first-order valence-corrected chi connectivity index (χ1v) is 11.0. The fraction of sp³-hybridized carbons (Fsp3) is 0.357. The summed E-state index contributed by atoms with van der Waals surface area (Å²) in [6.07, 6.45) is 7.24. The summed E-state index contributed by atoms with van der Waals surface area (Å²) in [4.78, 5) is 0. The molecule has 28 heavy (non-hydrogen) atoms. The molecule has 3 saturated carbocycles. The second-order valence-electron chi connectivity index (χ2n) is 9.76. The van der Waals surface area contributed by atoms with Crippen LogP contribution >= 0.6 is 0 Å². The zero-order valence-corrected chi connectivity index (χ0v) is 16.2. The molecular weight excluding hydrogens is 336 g/mol. The summed E-state index contributed by atoms with van der Waals surface area (Å²) in [5, 5.41) is 5.91. The molecule has 4 aliphatic carbocycles. The van der Waals surface area contributed by atoms with Gasteiger partial charge in [0, 0.05) is 0 Å². The fourth-order valence-corrected chi connectivity index (χ4v) is 8.46. The molecule has 3 fully saturated rings. The predicted molar refractivity (Wildman–Crippen MR) is 118 cm³/mol. The van der Waals surface area contributed by atoms with Crippen molar-refractivity contribution < 1.29 is 0 Å². The Labute approximate surface area is 167 Å². The largest absolute Gasteiger partial charge is 0.103 e. The molecule has 7 rings (SSSR count). The summed E-state index contributed by atoms with van der Waals surface area (Å²) >= 11 is 0. The van der Waals surface area contributed by atoms with Gasteiger partial charge in [0.1, 0.15) is 0 Å². The third kappa shape index (κ3) is 1.62. The van der Waals surface area contributed by atoms with E-state index in [1.807, 2.05) is 0 Å². The molecule has 0 aliphatic heterocycles. The van der Waals surface area contributed by atoms with E-state index in [9.17, 15) is 0 Å². The predicted octanol–water partition coefficient (Wildman–Crippen LogP) is 7.06. The summed E-state index contributed by atoms with van der Waals surface area (Å²) in [7, 11) is 0. The van der Waals surface area contributed by atoms with Crippen LogP contribution in [0.25, 0.3) is 21.5 Å². The van der Waals surface area contributed by atoms with Crippen molar-refractivity contribution in [1.82, 2.24) is 0 Å². The van der Waals surface area contributed by atoms with Gasteiger partial charge < -0.3 is 0 Å². The summed E-state index contributed by atoms with van der Waals surface area (Å²) in [5.74, 6) is 6.12. The Kier molecular flexibility index (Phi) is 2.88. The van der Waals surface area contributed by atoms with Crippen LogP contribution in [0.15, 0.2) is 73.8 Å². The summed E-state index contributed by atoms with van der Waals surface area (Å²) in [6.45, 7) is 8.45. The van der Waals surface area contributed by atoms with Crippen LogP contribution in [-0.4, -0.2) is 0 Å². The molecule has 2 bridgehead atoms. The highest BCUT2D eigenvalue weighted by molar-refractivity contribution is 6.11. The van der Waals surface area contributed by atoms with Crippen molar-refractivity contribution >= 4 is 21.5 Å². The van der Waals surface area contributed by atoms with E-state index in [0.717, 1.165) is 35.5 Å². The molecule has 0 heteroatoms. The Morgan fingerprint density at radius 2 is 1.39 bits per heavy atom. The summed E-state index contributed by atoms with van der Waals surface area (Å²) in [5.41, 5.74) is 3.31. The highest BCUT2D eigenvalue weighted by Gasteiger charge is 2.65. The lowest BCUT2D eigenvalue weighted by Crippen LogP contribution is -2.31. The van der Waals surface area contributed by atoms with Gasteiger partial charge in [-0.3, -0.25) is 0 Å². The summed E-state index contributed by atoms with van der Waals surface area (Å²) < 4.78 is 0. The van der Waals surface area contributed by atoms with Crippen LogP contribution < -0.4 is 0 Å². The van der Waals surface area contributed by atoms with Gasteiger partial charge in [-0.05, 0) is 92.9 Å². The zero-order chi connectivity index (χ0) is 18.6. The maximum atomic E-state index is 4.23. The minimum absolute atomic E-state index is 0.684. The Hall–Kier alpha value is -2.34. The summed E-state index contributed by atoms with van der Waals surface area (Å²) in [6, 6.07) is 18.6. The van der Waals surface area contributed by atoms with Crippen LogP contribution in [0.4, 0.5) is 0 Å². The number of fused-ring (bicyclic) bond motifs is 12. The van der Waals surface area contributed by atoms with E-state index in [-0.39, 0.29) is 0 Å². The molecule has 0 heterocycles. The second kappa shape index (κ2) is 5.17. The molecular formula is C28H26. The van der Waals surface area contributed by atoms with Gasteiger partial charge in [-0.25, -0.2) is 0 Å². The van der Waals surface area contributed by atoms with E-state index in [0.29, 0.717) is 11.8 Å². The van der Waals surface area contributed by atoms with Crippen LogP contribution in [0.3, 0.4) is 0 Å². The van der Waals surface area contributed by atoms with Gasteiger partial charge >= 0.3 is 0 Å². The minimum atomic E-state index is 0.684. The van der Waals surface area contributed by atoms with Gasteiger partial charge in [-0.2, -0.15) is 0 Å². The lowest BCUT2D eigenvalue weighted by Gasteiger charge is -2.38. The van der Waals surface area contributed by atoms with Crippen molar-refractivity contribution in [3.8, 4) is 0 Å². The molecule has 8 unspecified atom stereocenters. The molecule has 0 radical (unpaired) electrons. The van der Waals surface area contributed by atoms with E-state index in [4.69, 9.17) is 0 Å². The van der Waals surface area contributed by atoms with Crippen LogP contribution in [0.5, 0.6) is 0 Å². The fourth-order valence-electron chi connectivity index (χ4n) is 8.46. The molecule has 0 aromatic heterocycles. The lowest BCUT2D eigenvalue weighted by atomic mass is 9.65. The third-order valence-corrected chi connectivity index (χ3v) is 9.09. The van der Waals surface area contributed by atoms with Crippen molar-refractivity contribution in [3.63, 3.8) is 0 Å². The third-order valence-electron chi connectivity index (χ3n) is 9.09. The quantitative estimate of drug-likeness (QED) is 0.338. The van der Waals surface area contributed by atoms with E-state index < -0.39 is 0 Å². The molecule has 0 saturated heterocycles. The molecule has 8 atom stereocenters. The van der Waals surface area contributed by atoms with E-state index in [1.54, 1.807) is 16.5 Å². The van der Waals surface area contributed by atoms with Crippen LogP contribution in [0.1, 0.15) is 35.8 Å². The van der Waals surface area contributed by atoms with Crippen molar-refractivity contribution in [2.24, 2.45) is 35.5 Å². The molecule has 3 aromatic carbocycles. The number of hydrogen-bond acceptors (Lipinski definition) is 0. The van der Waals surface area contributed by atoms with Gasteiger partial charge in [0.05, 0.1) is 0 Å². The minimum Gasteiger partial charge on any atom is -0.103 e. The maximum Gasteiger partial charge on any atom is -0.00522 e. The molecule has 0 amide bonds. The van der Waals surface area contributed by atoms with E-state index >= 15 is 0 Å². The first-order valence-electron chi connectivity index (χ1n) is 11.0. The van der Waals surface area contributed by atoms with Gasteiger partial charge in [0.2, 0.25) is 0 Å². The van der Waals surface area contributed by atoms with Gasteiger partial charge in [0.15, 0.2) is 0 Å². The molecule has 0 N–H and O–H groups in total. The van der Waals surface area contributed by atoms with Crippen molar-refractivity contribution in [3.05, 3.63) is 85.0 Å². The topological polar surface area (TPSA) is 0 Å². The Morgan fingerprint density at radius 3 is 2.14 bits per heavy atom. The van der Waals surface area contributed by atoms with E-state index in [1.165, 1.54) is 29.0 Å². The molecule has 138 valence electrons. The normalized spacial score (nSPS) is 39.4. The molecule has 3 aromatic rings. The smallest absolute Gasteiger partial charge is 0.00522 e. The molecule has 0 nitrogen and oxygen atoms in total. The van der Waals surface area contributed by atoms with Crippen LogP contribution in [0, 0.1) is 35.5 Å². The first-order chi connectivity index (χ1) is 13.8. The SMILES string of the molecule is C=CC1CC(C=C)C2C3CC(C4c5cccc6c5c(cc5ccccc56)C34)C12. The van der Waals surface area contributed by atoms with Gasteiger partial charge in [0.25, 0.3) is 0 Å². The average molecular weight is 363 g/mol. The highest BCUT2D eigenvalue weighted by Crippen LogP contribution is 2.74. The standard InChI is InChI=1S/C28H26/c1-3-15-12-16(4-2)25-23-14-22(24(15)25)27-20-11-7-10-19-18-9-6-5-8-17(18)13-21(26(19)20)28(23)27/h3-11,13,15-16,22-25,27-28H,1-2,12,14H2.